The molecule has 5 nitrogen and oxygen atoms in total. The number of aliphatic hydroxyl groups excluding tert-OH is 1. The summed E-state index contributed by atoms with van der Waals surface area (Å²) in [4.78, 5) is 18.3. The number of nitrogens with zero attached hydrogens (tertiary/aromatic N) is 2. The highest BCUT2D eigenvalue weighted by Crippen LogP contribution is 2.23. The number of aliphatic hydroxyl groups is 1. The Hall–Kier alpha value is -1.17. The van der Waals surface area contributed by atoms with Crippen LogP contribution in [0.3, 0.4) is 0 Å². The number of aryl methyl sites for hydroxylation is 1. The number of carbonyl (C=O) groups is 1. The van der Waals surface area contributed by atoms with Crippen molar-refractivity contribution in [3.63, 3.8) is 0 Å². The van der Waals surface area contributed by atoms with Crippen LogP contribution in [0.25, 0.3) is 0 Å². The molecule has 1 atom stereocenters. The van der Waals surface area contributed by atoms with Gasteiger partial charge in [0.15, 0.2) is 0 Å². The van der Waals surface area contributed by atoms with Crippen LogP contribution < -0.4 is 0 Å². The van der Waals surface area contributed by atoms with E-state index in [9.17, 15) is 9.90 Å². The number of aromatic nitrogens is 1. The van der Waals surface area contributed by atoms with Crippen molar-refractivity contribution in [2.75, 3.05) is 19.7 Å². The van der Waals surface area contributed by atoms with Crippen LogP contribution >= 0.6 is 11.6 Å². The van der Waals surface area contributed by atoms with Crippen molar-refractivity contribution < 1.29 is 14.6 Å². The van der Waals surface area contributed by atoms with Crippen LogP contribution in [0.2, 0.25) is 5.15 Å². The van der Waals surface area contributed by atoms with Crippen LogP contribution in [0.15, 0.2) is 12.1 Å². The van der Waals surface area contributed by atoms with E-state index in [1.54, 1.807) is 24.0 Å². The quantitative estimate of drug-likeness (QED) is 0.844. The maximum Gasteiger partial charge on any atom is 0.254 e. The molecule has 20 heavy (non-hydrogen) atoms. The van der Waals surface area contributed by atoms with Crippen LogP contribution in [0, 0.1) is 6.92 Å². The fraction of sp³-hybridized carbons (Fsp3) is 0.571. The summed E-state index contributed by atoms with van der Waals surface area (Å²) in [6.07, 6.45) is -0.360. The highest BCUT2D eigenvalue weighted by molar-refractivity contribution is 6.29. The summed E-state index contributed by atoms with van der Waals surface area (Å²) >= 11 is 5.90. The normalized spacial score (nSPS) is 21.9. The zero-order chi connectivity index (χ0) is 14.9. The van der Waals surface area contributed by atoms with Gasteiger partial charge in [0, 0.05) is 24.3 Å². The van der Waals surface area contributed by atoms with Gasteiger partial charge in [0.05, 0.1) is 18.3 Å². The lowest BCUT2D eigenvalue weighted by atomic mass is 10.0. The summed E-state index contributed by atoms with van der Waals surface area (Å²) < 4.78 is 5.70. The van der Waals surface area contributed by atoms with E-state index < -0.39 is 5.60 Å². The van der Waals surface area contributed by atoms with E-state index in [-0.39, 0.29) is 18.6 Å². The van der Waals surface area contributed by atoms with Crippen molar-refractivity contribution >= 4 is 17.5 Å². The van der Waals surface area contributed by atoms with Gasteiger partial charge in [-0.1, -0.05) is 11.6 Å². The number of morpholine rings is 1. The molecule has 1 aromatic rings. The first-order chi connectivity index (χ1) is 9.30. The number of rotatable bonds is 2. The summed E-state index contributed by atoms with van der Waals surface area (Å²) in [7, 11) is 0. The summed E-state index contributed by atoms with van der Waals surface area (Å²) in [5, 5.41) is 9.59. The molecule has 2 heterocycles. The predicted molar refractivity (Wildman–Crippen MR) is 75.9 cm³/mol. The molecule has 0 radical (unpaired) electrons. The minimum absolute atomic E-state index is 0.108. The minimum atomic E-state index is -0.479. The third kappa shape index (κ3) is 3.48. The number of carbonyl (C=O) groups excluding carboxylic acids is 1. The third-order valence-electron chi connectivity index (χ3n) is 3.14. The van der Waals surface area contributed by atoms with Crippen molar-refractivity contribution in [2.45, 2.75) is 32.5 Å². The lowest BCUT2D eigenvalue weighted by Gasteiger charge is -2.42. The molecule has 6 heteroatoms. The number of ether oxygens (including phenoxy) is 1. The standard InChI is InChI=1S/C14H19ClN2O3/c1-9-4-10(5-12(15)16-9)13(19)17-6-11(7-18)20-14(2,3)8-17/h4-5,11,18H,6-8H2,1-3H3. The smallest absolute Gasteiger partial charge is 0.254 e. The molecule has 2 rings (SSSR count). The van der Waals surface area contributed by atoms with Gasteiger partial charge in [-0.05, 0) is 32.9 Å². The molecule has 1 saturated heterocycles. The van der Waals surface area contributed by atoms with Crippen molar-refractivity contribution in [1.29, 1.82) is 0 Å². The largest absolute Gasteiger partial charge is 0.394 e. The number of pyridine rings is 1. The molecule has 110 valence electrons. The average Bonchev–Trinajstić information content (AvgIpc) is 2.34. The first-order valence-corrected chi connectivity index (χ1v) is 6.91. The van der Waals surface area contributed by atoms with Crippen molar-refractivity contribution in [3.8, 4) is 0 Å². The molecule has 0 aromatic carbocycles. The van der Waals surface area contributed by atoms with Crippen LogP contribution in [0.1, 0.15) is 29.9 Å². The van der Waals surface area contributed by atoms with Crippen LogP contribution in [0.5, 0.6) is 0 Å². The Labute approximate surface area is 123 Å². The second-order valence-corrected chi connectivity index (χ2v) is 6.07. The Morgan fingerprint density at radius 3 is 2.90 bits per heavy atom. The number of amides is 1. The summed E-state index contributed by atoms with van der Waals surface area (Å²) in [6.45, 7) is 6.34. The van der Waals surface area contributed by atoms with Gasteiger partial charge in [0.25, 0.3) is 5.91 Å². The SMILES string of the molecule is Cc1cc(C(=O)N2CC(CO)OC(C)(C)C2)cc(Cl)n1. The highest BCUT2D eigenvalue weighted by atomic mass is 35.5. The first-order valence-electron chi connectivity index (χ1n) is 6.53. The monoisotopic (exact) mass is 298 g/mol. The van der Waals surface area contributed by atoms with Crippen molar-refractivity contribution in [2.24, 2.45) is 0 Å². The van der Waals surface area contributed by atoms with Gasteiger partial charge in [-0.3, -0.25) is 4.79 Å². The van der Waals surface area contributed by atoms with E-state index in [2.05, 4.69) is 4.98 Å². The summed E-state index contributed by atoms with van der Waals surface area (Å²) in [5.41, 5.74) is 0.733. The molecule has 1 aromatic heterocycles. The first kappa shape index (κ1) is 15.2. The maximum atomic E-state index is 12.6. The zero-order valence-electron chi connectivity index (χ0n) is 11.9. The Balaban J connectivity index is 2.23. The van der Waals surface area contributed by atoms with Gasteiger partial charge in [0.1, 0.15) is 5.15 Å². The number of halogens is 1. The molecule has 1 amide bonds. The van der Waals surface area contributed by atoms with Crippen LogP contribution in [-0.4, -0.2) is 52.3 Å². The number of hydrogen-bond acceptors (Lipinski definition) is 4. The molecule has 0 spiro atoms. The van der Waals surface area contributed by atoms with Gasteiger partial charge < -0.3 is 14.7 Å². The second kappa shape index (κ2) is 5.68. The fourth-order valence-electron chi connectivity index (χ4n) is 2.48. The molecule has 0 bridgehead atoms. The summed E-state index contributed by atoms with van der Waals surface area (Å²) in [5.74, 6) is -0.118. The molecule has 1 fully saturated rings. The van der Waals surface area contributed by atoms with Crippen molar-refractivity contribution in [1.82, 2.24) is 9.88 Å². The predicted octanol–water partition coefficient (Wildman–Crippen LogP) is 1.66. The van der Waals surface area contributed by atoms with Gasteiger partial charge in [0.2, 0.25) is 0 Å². The molecule has 0 aliphatic carbocycles. The molecular weight excluding hydrogens is 280 g/mol. The zero-order valence-corrected chi connectivity index (χ0v) is 12.6. The summed E-state index contributed by atoms with van der Waals surface area (Å²) in [6, 6.07) is 3.28. The van der Waals surface area contributed by atoms with Gasteiger partial charge >= 0.3 is 0 Å². The van der Waals surface area contributed by atoms with E-state index in [1.807, 2.05) is 13.8 Å². The Kier molecular flexibility index (Phi) is 4.32. The Morgan fingerprint density at radius 2 is 2.30 bits per heavy atom. The van der Waals surface area contributed by atoms with Crippen LogP contribution in [-0.2, 0) is 4.74 Å². The molecule has 0 saturated carbocycles. The lowest BCUT2D eigenvalue weighted by Crippen LogP contribution is -2.55. The van der Waals surface area contributed by atoms with Crippen molar-refractivity contribution in [3.05, 3.63) is 28.5 Å². The van der Waals surface area contributed by atoms with Gasteiger partial charge in [-0.15, -0.1) is 0 Å². The average molecular weight is 299 g/mol. The number of hydrogen-bond donors (Lipinski definition) is 1. The van der Waals surface area contributed by atoms with E-state index in [1.165, 1.54) is 0 Å². The van der Waals surface area contributed by atoms with E-state index >= 15 is 0 Å². The fourth-order valence-corrected chi connectivity index (χ4v) is 2.73. The molecule has 1 unspecified atom stereocenters. The lowest BCUT2D eigenvalue weighted by molar-refractivity contribution is -0.139. The Morgan fingerprint density at radius 1 is 1.60 bits per heavy atom. The van der Waals surface area contributed by atoms with Gasteiger partial charge in [-0.2, -0.15) is 0 Å². The van der Waals surface area contributed by atoms with E-state index in [0.717, 1.165) is 0 Å². The minimum Gasteiger partial charge on any atom is -0.394 e. The second-order valence-electron chi connectivity index (χ2n) is 5.69. The highest BCUT2D eigenvalue weighted by Gasteiger charge is 2.35. The van der Waals surface area contributed by atoms with Gasteiger partial charge in [-0.25, -0.2) is 4.98 Å². The maximum absolute atomic E-state index is 12.6. The molecule has 1 aliphatic rings. The molecule has 1 N–H and O–H groups in total. The molecular formula is C14H19ClN2O3. The third-order valence-corrected chi connectivity index (χ3v) is 3.33. The van der Waals surface area contributed by atoms with E-state index in [4.69, 9.17) is 16.3 Å². The van der Waals surface area contributed by atoms with Crippen LogP contribution in [0.4, 0.5) is 0 Å². The molecule has 1 aliphatic heterocycles. The van der Waals surface area contributed by atoms with E-state index in [0.29, 0.717) is 29.5 Å². The topological polar surface area (TPSA) is 62.7 Å². The Bertz CT molecular complexity index is 499.